The molecule has 122 valence electrons. The van der Waals surface area contributed by atoms with Crippen molar-refractivity contribution in [2.75, 3.05) is 12.4 Å². The molecule has 1 aromatic heterocycles. The predicted molar refractivity (Wildman–Crippen MR) is 93.3 cm³/mol. The molecule has 2 rings (SSSR count). The summed E-state index contributed by atoms with van der Waals surface area (Å²) in [4.78, 5) is 20.7. The topological polar surface area (TPSA) is 64.1 Å². The van der Waals surface area contributed by atoms with Gasteiger partial charge in [0, 0.05) is 11.4 Å². The Kier molecular flexibility index (Phi) is 6.24. The number of methoxy groups -OCH3 is 1. The Morgan fingerprint density at radius 3 is 2.78 bits per heavy atom. The van der Waals surface area contributed by atoms with Gasteiger partial charge in [-0.15, -0.1) is 0 Å². The number of ether oxygens (including phenoxy) is 1. The van der Waals surface area contributed by atoms with Crippen LogP contribution in [0.5, 0.6) is 5.75 Å². The largest absolute Gasteiger partial charge is 0.495 e. The second-order valence-corrected chi connectivity index (χ2v) is 6.48. The van der Waals surface area contributed by atoms with Gasteiger partial charge in [0.25, 0.3) is 0 Å². The number of benzene rings is 1. The second-order valence-electron chi connectivity index (χ2n) is 4.85. The minimum Gasteiger partial charge on any atom is -0.495 e. The minimum absolute atomic E-state index is 0.0880. The molecule has 1 heterocycles. The molecule has 7 heteroatoms. The lowest BCUT2D eigenvalue weighted by molar-refractivity contribution is -0.115. The molecule has 0 bridgehead atoms. The molecule has 1 aromatic carbocycles. The van der Waals surface area contributed by atoms with Crippen LogP contribution in [0.4, 0.5) is 5.69 Å². The lowest BCUT2D eigenvalue weighted by Gasteiger charge is -2.15. The molecule has 5 nitrogen and oxygen atoms in total. The average Bonchev–Trinajstić information content (AvgIpc) is 2.52. The molecule has 23 heavy (non-hydrogen) atoms. The smallest absolute Gasteiger partial charge is 0.237 e. The Hall–Kier alpha value is -1.79. The van der Waals surface area contributed by atoms with Crippen molar-refractivity contribution in [3.8, 4) is 5.75 Å². The highest BCUT2D eigenvalue weighted by atomic mass is 35.5. The molecule has 2 aromatic rings. The van der Waals surface area contributed by atoms with Crippen LogP contribution in [0.15, 0.2) is 35.6 Å². The van der Waals surface area contributed by atoms with E-state index in [0.29, 0.717) is 22.9 Å². The number of rotatable bonds is 6. The van der Waals surface area contributed by atoms with Gasteiger partial charge < -0.3 is 10.1 Å². The van der Waals surface area contributed by atoms with Gasteiger partial charge >= 0.3 is 0 Å². The van der Waals surface area contributed by atoms with Crippen LogP contribution in [0.1, 0.15) is 19.0 Å². The summed E-state index contributed by atoms with van der Waals surface area (Å²) in [5, 5.41) is 3.87. The molecule has 0 fully saturated rings. The summed E-state index contributed by atoms with van der Waals surface area (Å²) in [5.41, 5.74) is 1.51. The van der Waals surface area contributed by atoms with Crippen molar-refractivity contribution in [1.29, 1.82) is 0 Å². The normalized spacial score (nSPS) is 11.8. The van der Waals surface area contributed by atoms with Gasteiger partial charge in [0.05, 0.1) is 17.4 Å². The summed E-state index contributed by atoms with van der Waals surface area (Å²) in [6, 6.07) is 7.02. The maximum atomic E-state index is 12.4. The Balaban J connectivity index is 2.06. The van der Waals surface area contributed by atoms with E-state index in [1.807, 2.05) is 19.9 Å². The highest BCUT2D eigenvalue weighted by Gasteiger charge is 2.19. The van der Waals surface area contributed by atoms with Crippen molar-refractivity contribution < 1.29 is 9.53 Å². The molecule has 0 radical (unpaired) electrons. The monoisotopic (exact) mass is 351 g/mol. The van der Waals surface area contributed by atoms with Crippen LogP contribution in [0.3, 0.4) is 0 Å². The fourth-order valence-corrected chi connectivity index (χ4v) is 3.16. The van der Waals surface area contributed by atoms with Gasteiger partial charge in [-0.2, -0.15) is 0 Å². The summed E-state index contributed by atoms with van der Waals surface area (Å²) < 4.78 is 5.10. The van der Waals surface area contributed by atoms with Gasteiger partial charge in [0.15, 0.2) is 0 Å². The van der Waals surface area contributed by atoms with Crippen LogP contribution in [0, 0.1) is 6.92 Å². The van der Waals surface area contributed by atoms with E-state index >= 15 is 0 Å². The Labute approximate surface area is 144 Å². The maximum absolute atomic E-state index is 12.4. The molecule has 1 atom stereocenters. The van der Waals surface area contributed by atoms with Gasteiger partial charge in [0.2, 0.25) is 5.91 Å². The van der Waals surface area contributed by atoms with Gasteiger partial charge in [-0.3, -0.25) is 4.79 Å². The number of carbonyl (C=O) groups is 1. The fourth-order valence-electron chi connectivity index (χ4n) is 1.93. The Morgan fingerprint density at radius 1 is 1.39 bits per heavy atom. The van der Waals surface area contributed by atoms with Crippen molar-refractivity contribution in [2.45, 2.75) is 30.5 Å². The number of thioether (sulfide) groups is 1. The summed E-state index contributed by atoms with van der Waals surface area (Å²) in [5.74, 6) is 0.484. The van der Waals surface area contributed by atoms with Crippen molar-refractivity contribution in [3.63, 3.8) is 0 Å². The first kappa shape index (κ1) is 17.6. The molecule has 0 saturated heterocycles. The van der Waals surface area contributed by atoms with E-state index in [1.165, 1.54) is 18.1 Å². The standard InChI is InChI=1S/C16H18ClN3O2S/c1-4-14(23-15-7-10(2)18-9-19-15)16(21)20-11-5-6-13(22-3)12(17)8-11/h5-9,14H,4H2,1-3H3,(H,20,21). The number of halogens is 1. The molecule has 1 N–H and O–H groups in total. The molecule has 0 spiro atoms. The molecule has 1 unspecified atom stereocenters. The summed E-state index contributed by atoms with van der Waals surface area (Å²) >= 11 is 7.50. The number of hydrogen-bond acceptors (Lipinski definition) is 5. The molecular weight excluding hydrogens is 334 g/mol. The zero-order chi connectivity index (χ0) is 16.8. The van der Waals surface area contributed by atoms with Gasteiger partial charge in [-0.05, 0) is 37.6 Å². The zero-order valence-corrected chi connectivity index (χ0v) is 14.7. The van der Waals surface area contributed by atoms with Crippen molar-refractivity contribution in [3.05, 3.63) is 41.3 Å². The predicted octanol–water partition coefficient (Wildman–Crippen LogP) is 3.96. The van der Waals surface area contributed by atoms with E-state index in [4.69, 9.17) is 16.3 Å². The molecule has 0 saturated carbocycles. The van der Waals surface area contributed by atoms with Crippen LogP contribution in [0.25, 0.3) is 0 Å². The number of anilines is 1. The summed E-state index contributed by atoms with van der Waals surface area (Å²) in [6.45, 7) is 3.86. The highest BCUT2D eigenvalue weighted by Crippen LogP contribution is 2.29. The number of hydrogen-bond donors (Lipinski definition) is 1. The Morgan fingerprint density at radius 2 is 2.17 bits per heavy atom. The third-order valence-corrected chi connectivity index (χ3v) is 4.72. The van der Waals surface area contributed by atoms with Crippen LogP contribution in [0.2, 0.25) is 5.02 Å². The third kappa shape index (κ3) is 4.84. The third-order valence-electron chi connectivity index (χ3n) is 3.12. The van der Waals surface area contributed by atoms with Crippen LogP contribution in [-0.4, -0.2) is 28.2 Å². The first-order chi connectivity index (χ1) is 11.0. The zero-order valence-electron chi connectivity index (χ0n) is 13.2. The van der Waals surface area contributed by atoms with Gasteiger partial charge in [0.1, 0.15) is 17.1 Å². The van der Waals surface area contributed by atoms with E-state index in [0.717, 1.165) is 10.7 Å². The lowest BCUT2D eigenvalue weighted by Crippen LogP contribution is -2.24. The van der Waals surface area contributed by atoms with Crippen molar-refractivity contribution in [2.24, 2.45) is 0 Å². The summed E-state index contributed by atoms with van der Waals surface area (Å²) in [6.07, 6.45) is 2.19. The Bertz CT molecular complexity index is 697. The average molecular weight is 352 g/mol. The van der Waals surface area contributed by atoms with Crippen LogP contribution < -0.4 is 10.1 Å². The van der Waals surface area contributed by atoms with Crippen LogP contribution >= 0.6 is 23.4 Å². The fraction of sp³-hybridized carbons (Fsp3) is 0.312. The van der Waals surface area contributed by atoms with Crippen LogP contribution in [-0.2, 0) is 4.79 Å². The number of aryl methyl sites for hydroxylation is 1. The first-order valence-corrected chi connectivity index (χ1v) is 8.39. The van der Waals surface area contributed by atoms with Crippen molar-refractivity contribution in [1.82, 2.24) is 9.97 Å². The number of nitrogens with one attached hydrogen (secondary N) is 1. The quantitative estimate of drug-likeness (QED) is 0.630. The van der Waals surface area contributed by atoms with Gasteiger partial charge in [-0.1, -0.05) is 30.3 Å². The molecule has 0 aliphatic rings. The maximum Gasteiger partial charge on any atom is 0.237 e. The van der Waals surface area contributed by atoms with E-state index in [2.05, 4.69) is 15.3 Å². The van der Waals surface area contributed by atoms with E-state index in [9.17, 15) is 4.79 Å². The molecular formula is C16H18ClN3O2S. The number of amides is 1. The van der Waals surface area contributed by atoms with Gasteiger partial charge in [-0.25, -0.2) is 9.97 Å². The van der Waals surface area contributed by atoms with E-state index in [-0.39, 0.29) is 11.2 Å². The van der Waals surface area contributed by atoms with Crippen molar-refractivity contribution >= 4 is 35.0 Å². The summed E-state index contributed by atoms with van der Waals surface area (Å²) in [7, 11) is 1.55. The molecule has 0 aliphatic carbocycles. The van der Waals surface area contributed by atoms with E-state index < -0.39 is 0 Å². The molecule has 1 amide bonds. The highest BCUT2D eigenvalue weighted by molar-refractivity contribution is 8.00. The first-order valence-electron chi connectivity index (χ1n) is 7.13. The minimum atomic E-state index is -0.245. The van der Waals surface area contributed by atoms with E-state index in [1.54, 1.807) is 25.3 Å². The number of aromatic nitrogens is 2. The SMILES string of the molecule is CCC(Sc1cc(C)ncn1)C(=O)Nc1ccc(OC)c(Cl)c1. The lowest BCUT2D eigenvalue weighted by atomic mass is 10.2. The number of carbonyl (C=O) groups excluding carboxylic acids is 1. The second kappa shape index (κ2) is 8.17. The number of nitrogens with zero attached hydrogens (tertiary/aromatic N) is 2. The molecule has 0 aliphatic heterocycles.